The van der Waals surface area contributed by atoms with Gasteiger partial charge in [0.05, 0.1) is 6.61 Å². The van der Waals surface area contributed by atoms with Crippen molar-refractivity contribution < 1.29 is 23.4 Å². The summed E-state index contributed by atoms with van der Waals surface area (Å²) in [5, 5.41) is 0. The second kappa shape index (κ2) is 9.35. The summed E-state index contributed by atoms with van der Waals surface area (Å²) in [5.41, 5.74) is 0.414. The molecule has 0 amide bonds. The van der Waals surface area contributed by atoms with E-state index in [4.69, 9.17) is 18.6 Å². The molecule has 0 bridgehead atoms. The fourth-order valence-electron chi connectivity index (χ4n) is 1.34. The first-order chi connectivity index (χ1) is 8.06. The Morgan fingerprint density at radius 1 is 1.29 bits per heavy atom. The van der Waals surface area contributed by atoms with Gasteiger partial charge >= 0.3 is 5.97 Å². The third-order valence-corrected chi connectivity index (χ3v) is 5.02. The third-order valence-electron chi connectivity index (χ3n) is 2.29. The highest BCUT2D eigenvalue weighted by Gasteiger charge is 2.22. The fourth-order valence-corrected chi connectivity index (χ4v) is 3.24. The monoisotopic (exact) mass is 262 g/mol. The molecule has 0 saturated heterocycles. The molecule has 0 aliphatic heterocycles. The average Bonchev–Trinajstić information content (AvgIpc) is 2.32. The largest absolute Gasteiger partial charge is 0.462 e. The van der Waals surface area contributed by atoms with Crippen LogP contribution >= 0.6 is 0 Å². The Balaban J connectivity index is 3.84. The van der Waals surface area contributed by atoms with Crippen molar-refractivity contribution in [2.24, 2.45) is 0 Å². The highest BCUT2D eigenvalue weighted by Crippen LogP contribution is 2.08. The summed E-state index contributed by atoms with van der Waals surface area (Å²) in [7, 11) is 3.26. The second-order valence-electron chi connectivity index (χ2n) is 3.67. The highest BCUT2D eigenvalue weighted by molar-refractivity contribution is 6.52. The fraction of sp³-hybridized carbons (Fsp3) is 0.727. The molecule has 1 atom stereocenters. The molecule has 5 nitrogen and oxygen atoms in total. The Morgan fingerprint density at radius 2 is 1.88 bits per heavy atom. The van der Waals surface area contributed by atoms with Gasteiger partial charge in [-0.3, -0.25) is 0 Å². The Labute approximate surface area is 104 Å². The Bertz CT molecular complexity index is 240. The van der Waals surface area contributed by atoms with Gasteiger partial charge in [-0.1, -0.05) is 6.58 Å². The van der Waals surface area contributed by atoms with Gasteiger partial charge in [-0.05, 0) is 19.4 Å². The predicted octanol–water partition coefficient (Wildman–Crippen LogP) is 1.02. The van der Waals surface area contributed by atoms with E-state index in [0.717, 1.165) is 12.5 Å². The van der Waals surface area contributed by atoms with Crippen LogP contribution in [0.3, 0.4) is 0 Å². The second-order valence-corrected chi connectivity index (χ2v) is 6.34. The number of ether oxygens (including phenoxy) is 3. The molecule has 0 aromatic rings. The van der Waals surface area contributed by atoms with Gasteiger partial charge < -0.3 is 18.6 Å². The Kier molecular flexibility index (Phi) is 8.97. The zero-order valence-electron chi connectivity index (χ0n) is 11.0. The number of carbonyl (C=O) groups excluding carboxylic acids is 1. The molecule has 6 heteroatoms. The van der Waals surface area contributed by atoms with Crippen LogP contribution in [0.1, 0.15) is 13.3 Å². The molecule has 0 saturated carbocycles. The minimum absolute atomic E-state index is 0.267. The van der Waals surface area contributed by atoms with Crippen LogP contribution in [0.5, 0.6) is 0 Å². The molecule has 100 valence electrons. The van der Waals surface area contributed by atoms with Crippen LogP contribution < -0.4 is 0 Å². The summed E-state index contributed by atoms with van der Waals surface area (Å²) >= 11 is 0. The van der Waals surface area contributed by atoms with Gasteiger partial charge in [-0.25, -0.2) is 4.79 Å². The molecule has 0 spiro atoms. The van der Waals surface area contributed by atoms with E-state index < -0.39 is 9.04 Å². The zero-order valence-corrected chi connectivity index (χ0v) is 12.2. The van der Waals surface area contributed by atoms with Gasteiger partial charge in [0.1, 0.15) is 0 Å². The van der Waals surface area contributed by atoms with Crippen LogP contribution in [-0.4, -0.2) is 48.9 Å². The summed E-state index contributed by atoms with van der Waals surface area (Å²) < 4.78 is 20.7. The number of rotatable bonds is 9. The van der Waals surface area contributed by atoms with E-state index in [1.165, 1.54) is 0 Å². The van der Waals surface area contributed by atoms with Crippen molar-refractivity contribution in [3.05, 3.63) is 12.2 Å². The van der Waals surface area contributed by atoms with E-state index in [1.807, 2.05) is 0 Å². The summed E-state index contributed by atoms with van der Waals surface area (Å²) in [4.78, 5) is 11.1. The number of methoxy groups -OCH3 is 2. The SMILES string of the molecule is C=C(C)C(=O)OCCC[SiH](OC)C(OC)OC. The smallest absolute Gasteiger partial charge is 0.333 e. The topological polar surface area (TPSA) is 54.0 Å². The summed E-state index contributed by atoms with van der Waals surface area (Å²) in [6, 6.07) is 0.826. The molecular weight excluding hydrogens is 240 g/mol. The zero-order chi connectivity index (χ0) is 13.3. The lowest BCUT2D eigenvalue weighted by atomic mass is 10.4. The summed E-state index contributed by atoms with van der Waals surface area (Å²) in [6.07, 6.45) is 0.743. The average molecular weight is 262 g/mol. The first kappa shape index (κ1) is 16.3. The van der Waals surface area contributed by atoms with Crippen LogP contribution in [0.2, 0.25) is 6.04 Å². The number of carbonyl (C=O) groups is 1. The van der Waals surface area contributed by atoms with Crippen molar-refractivity contribution in [3.63, 3.8) is 0 Å². The van der Waals surface area contributed by atoms with Crippen molar-refractivity contribution in [1.82, 2.24) is 0 Å². The lowest BCUT2D eigenvalue weighted by molar-refractivity contribution is -0.138. The van der Waals surface area contributed by atoms with Crippen LogP contribution in [0, 0.1) is 0 Å². The van der Waals surface area contributed by atoms with E-state index in [0.29, 0.717) is 12.2 Å². The Morgan fingerprint density at radius 3 is 2.29 bits per heavy atom. The van der Waals surface area contributed by atoms with E-state index >= 15 is 0 Å². The maximum Gasteiger partial charge on any atom is 0.333 e. The molecular formula is C11H22O5Si. The van der Waals surface area contributed by atoms with Crippen molar-refractivity contribution in [2.75, 3.05) is 27.9 Å². The van der Waals surface area contributed by atoms with Crippen LogP contribution in [0.25, 0.3) is 0 Å². The first-order valence-electron chi connectivity index (χ1n) is 5.47. The molecule has 0 aromatic heterocycles. The summed E-state index contributed by atoms with van der Waals surface area (Å²) in [5.74, 6) is -0.618. The Hall–Kier alpha value is -0.693. The van der Waals surface area contributed by atoms with E-state index in [-0.39, 0.29) is 11.9 Å². The third kappa shape index (κ3) is 6.57. The van der Waals surface area contributed by atoms with Gasteiger partial charge in [0.2, 0.25) is 9.04 Å². The van der Waals surface area contributed by atoms with E-state index in [9.17, 15) is 4.79 Å². The van der Waals surface area contributed by atoms with Gasteiger partial charge in [0.25, 0.3) is 0 Å². The lowest BCUT2D eigenvalue weighted by Gasteiger charge is -2.21. The first-order valence-corrected chi connectivity index (χ1v) is 7.43. The molecule has 0 fully saturated rings. The quantitative estimate of drug-likeness (QED) is 0.204. The van der Waals surface area contributed by atoms with Gasteiger partial charge in [-0.15, -0.1) is 0 Å². The van der Waals surface area contributed by atoms with Crippen molar-refractivity contribution in [1.29, 1.82) is 0 Å². The van der Waals surface area contributed by atoms with Crippen molar-refractivity contribution in [2.45, 2.75) is 25.3 Å². The lowest BCUT2D eigenvalue weighted by Crippen LogP contribution is -2.36. The van der Waals surface area contributed by atoms with Crippen LogP contribution in [0.4, 0.5) is 0 Å². The highest BCUT2D eigenvalue weighted by atomic mass is 28.3. The maximum atomic E-state index is 11.1. The summed E-state index contributed by atoms with van der Waals surface area (Å²) in [6.45, 7) is 5.51. The van der Waals surface area contributed by atoms with Gasteiger partial charge in [-0.2, -0.15) is 0 Å². The van der Waals surface area contributed by atoms with E-state index in [2.05, 4.69) is 6.58 Å². The predicted molar refractivity (Wildman–Crippen MR) is 67.2 cm³/mol. The maximum absolute atomic E-state index is 11.1. The minimum Gasteiger partial charge on any atom is -0.462 e. The molecule has 0 rings (SSSR count). The van der Waals surface area contributed by atoms with Crippen molar-refractivity contribution in [3.8, 4) is 0 Å². The molecule has 0 heterocycles. The molecule has 1 unspecified atom stereocenters. The molecule has 0 N–H and O–H groups in total. The van der Waals surface area contributed by atoms with Crippen molar-refractivity contribution >= 4 is 15.0 Å². The standard InChI is InChI=1S/C11H22O5Si/c1-9(2)10(12)16-7-6-8-17(15-5)11(13-3)14-4/h11,17H,1,6-8H2,2-5H3. The normalized spacial score (nSPS) is 12.5. The van der Waals surface area contributed by atoms with Gasteiger partial charge in [0, 0.05) is 26.9 Å². The van der Waals surface area contributed by atoms with Gasteiger partial charge in [0.15, 0.2) is 5.91 Å². The molecule has 0 radical (unpaired) electrons. The molecule has 0 aliphatic rings. The minimum atomic E-state index is -1.57. The molecule has 0 aromatic carbocycles. The number of hydrogen-bond acceptors (Lipinski definition) is 5. The molecule has 0 aliphatic carbocycles. The van der Waals surface area contributed by atoms with Crippen LogP contribution in [0.15, 0.2) is 12.2 Å². The van der Waals surface area contributed by atoms with E-state index in [1.54, 1.807) is 28.3 Å². The number of hydrogen-bond donors (Lipinski definition) is 0. The molecule has 17 heavy (non-hydrogen) atoms. The number of esters is 1. The van der Waals surface area contributed by atoms with Crippen LogP contribution in [-0.2, 0) is 23.4 Å².